The molecular formula is C21H20FN5O2. The van der Waals surface area contributed by atoms with Crippen LogP contribution >= 0.6 is 0 Å². The van der Waals surface area contributed by atoms with Gasteiger partial charge in [0.15, 0.2) is 0 Å². The third-order valence-corrected chi connectivity index (χ3v) is 5.16. The van der Waals surface area contributed by atoms with Crippen molar-refractivity contribution in [3.63, 3.8) is 0 Å². The fourth-order valence-corrected chi connectivity index (χ4v) is 3.54. The van der Waals surface area contributed by atoms with E-state index in [0.29, 0.717) is 36.3 Å². The highest BCUT2D eigenvalue weighted by atomic mass is 19.1. The van der Waals surface area contributed by atoms with Crippen LogP contribution < -0.4 is 10.9 Å². The fourth-order valence-electron chi connectivity index (χ4n) is 3.54. The van der Waals surface area contributed by atoms with Crippen molar-refractivity contribution in [2.24, 2.45) is 5.92 Å². The summed E-state index contributed by atoms with van der Waals surface area (Å²) in [6.45, 7) is 0.506. The van der Waals surface area contributed by atoms with Crippen molar-refractivity contribution in [2.75, 3.05) is 6.54 Å². The number of nitrogens with zero attached hydrogens (tertiary/aromatic N) is 3. The third-order valence-electron chi connectivity index (χ3n) is 5.16. The summed E-state index contributed by atoms with van der Waals surface area (Å²) in [7, 11) is 0. The largest absolute Gasteiger partial charge is 0.350 e. The predicted molar refractivity (Wildman–Crippen MR) is 105 cm³/mol. The van der Waals surface area contributed by atoms with Crippen LogP contribution in [0.5, 0.6) is 0 Å². The monoisotopic (exact) mass is 393 g/mol. The number of nitrogens with one attached hydrogen (secondary N) is 2. The topological polar surface area (TPSA) is 101 Å². The van der Waals surface area contributed by atoms with Crippen LogP contribution in [0.3, 0.4) is 0 Å². The van der Waals surface area contributed by atoms with Crippen molar-refractivity contribution >= 4 is 5.91 Å². The normalized spacial score (nSPS) is 16.0. The summed E-state index contributed by atoms with van der Waals surface area (Å²) >= 11 is 0. The zero-order valence-electron chi connectivity index (χ0n) is 15.7. The molecule has 1 aromatic carbocycles. The van der Waals surface area contributed by atoms with Crippen molar-refractivity contribution in [1.29, 1.82) is 0 Å². The molecule has 2 heterocycles. The van der Waals surface area contributed by atoms with Gasteiger partial charge < -0.3 is 10.3 Å². The van der Waals surface area contributed by atoms with E-state index in [1.807, 2.05) is 0 Å². The number of hydrogen-bond donors (Lipinski definition) is 2. The lowest BCUT2D eigenvalue weighted by atomic mass is 10.00. The quantitative estimate of drug-likeness (QED) is 0.663. The first kappa shape index (κ1) is 18.9. The van der Waals surface area contributed by atoms with Crippen LogP contribution in [0.25, 0.3) is 11.4 Å². The fraction of sp³-hybridized carbons (Fsp3) is 0.286. The van der Waals surface area contributed by atoms with Gasteiger partial charge in [0.2, 0.25) is 0 Å². The summed E-state index contributed by atoms with van der Waals surface area (Å²) in [6.07, 6.45) is 7.28. The maximum Gasteiger partial charge on any atom is 0.271 e. The summed E-state index contributed by atoms with van der Waals surface area (Å²) < 4.78 is 13.2. The molecule has 3 aromatic rings. The van der Waals surface area contributed by atoms with Crippen molar-refractivity contribution < 1.29 is 9.18 Å². The van der Waals surface area contributed by atoms with Gasteiger partial charge >= 0.3 is 0 Å². The zero-order chi connectivity index (χ0) is 20.2. The van der Waals surface area contributed by atoms with Crippen LogP contribution in [0, 0.1) is 11.7 Å². The number of aromatic amines is 1. The lowest BCUT2D eigenvalue weighted by Gasteiger charge is -2.14. The minimum Gasteiger partial charge on any atom is -0.350 e. The average Bonchev–Trinajstić information content (AvgIpc) is 2.96. The molecule has 7 nitrogen and oxygen atoms in total. The number of aromatic nitrogens is 4. The van der Waals surface area contributed by atoms with E-state index in [1.54, 1.807) is 12.1 Å². The molecule has 1 aliphatic rings. The summed E-state index contributed by atoms with van der Waals surface area (Å²) in [5.74, 6) is 0.0910. The van der Waals surface area contributed by atoms with Gasteiger partial charge in [-0.15, -0.1) is 0 Å². The Morgan fingerprint density at radius 2 is 1.97 bits per heavy atom. The number of benzene rings is 1. The molecule has 0 fully saturated rings. The predicted octanol–water partition coefficient (Wildman–Crippen LogP) is 2.29. The zero-order valence-corrected chi connectivity index (χ0v) is 15.7. The first-order valence-electron chi connectivity index (χ1n) is 9.52. The van der Waals surface area contributed by atoms with Crippen LogP contribution in [-0.4, -0.2) is 32.4 Å². The van der Waals surface area contributed by atoms with Gasteiger partial charge in [0.25, 0.3) is 11.5 Å². The van der Waals surface area contributed by atoms with Crippen LogP contribution in [0.4, 0.5) is 4.39 Å². The number of aryl methyl sites for hydroxylation is 1. The number of H-pyrrole nitrogens is 1. The Kier molecular flexibility index (Phi) is 5.41. The Labute approximate surface area is 166 Å². The molecule has 2 aromatic heterocycles. The van der Waals surface area contributed by atoms with E-state index in [1.165, 1.54) is 30.7 Å². The molecule has 29 heavy (non-hydrogen) atoms. The van der Waals surface area contributed by atoms with E-state index in [-0.39, 0.29) is 28.9 Å². The lowest BCUT2D eigenvalue weighted by molar-refractivity contribution is 0.0940. The average molecular weight is 393 g/mol. The Morgan fingerprint density at radius 1 is 1.17 bits per heavy atom. The Balaban J connectivity index is 1.45. The minimum absolute atomic E-state index is 0.154. The second-order valence-electron chi connectivity index (χ2n) is 7.09. The smallest absolute Gasteiger partial charge is 0.271 e. The Bertz CT molecular complexity index is 1070. The van der Waals surface area contributed by atoms with Gasteiger partial charge in [-0.3, -0.25) is 14.6 Å². The molecule has 1 amide bonds. The van der Waals surface area contributed by atoms with Crippen LogP contribution in [-0.2, 0) is 12.8 Å². The molecule has 4 rings (SSSR count). The summed E-state index contributed by atoms with van der Waals surface area (Å²) in [4.78, 5) is 40.1. The number of halogens is 1. The Hall–Kier alpha value is -3.42. The minimum atomic E-state index is -0.336. The van der Waals surface area contributed by atoms with E-state index in [0.717, 1.165) is 18.5 Å². The molecule has 0 spiro atoms. The second kappa shape index (κ2) is 8.30. The third kappa shape index (κ3) is 4.37. The van der Waals surface area contributed by atoms with Gasteiger partial charge in [0.05, 0.1) is 11.9 Å². The number of carbonyl (C=O) groups excluding carboxylic acids is 1. The number of rotatable bonds is 4. The number of amides is 1. The van der Waals surface area contributed by atoms with E-state index < -0.39 is 0 Å². The molecule has 0 aliphatic heterocycles. The van der Waals surface area contributed by atoms with Crippen molar-refractivity contribution in [1.82, 2.24) is 25.3 Å². The molecule has 1 unspecified atom stereocenters. The highest BCUT2D eigenvalue weighted by Crippen LogP contribution is 2.23. The Morgan fingerprint density at radius 3 is 2.72 bits per heavy atom. The molecule has 0 saturated heterocycles. The molecule has 2 N–H and O–H groups in total. The van der Waals surface area contributed by atoms with Crippen molar-refractivity contribution in [2.45, 2.75) is 25.7 Å². The first-order chi connectivity index (χ1) is 14.1. The highest BCUT2D eigenvalue weighted by molar-refractivity contribution is 5.91. The van der Waals surface area contributed by atoms with Crippen LogP contribution in [0.1, 0.15) is 34.6 Å². The lowest BCUT2D eigenvalue weighted by Crippen LogP contribution is -2.30. The molecule has 0 saturated carbocycles. The number of hydrogen-bond acceptors (Lipinski definition) is 5. The van der Waals surface area contributed by atoms with E-state index in [9.17, 15) is 14.0 Å². The molecular weight excluding hydrogens is 373 g/mol. The van der Waals surface area contributed by atoms with Gasteiger partial charge in [-0.25, -0.2) is 14.4 Å². The molecule has 1 atom stereocenters. The summed E-state index contributed by atoms with van der Waals surface area (Å²) in [5.41, 5.74) is 2.27. The van der Waals surface area contributed by atoms with Crippen LogP contribution in [0.2, 0.25) is 0 Å². The molecule has 148 valence electrons. The SMILES string of the molecule is O=C(NCC1CCc2nc(-c3ccc(F)cc3)[nH]c(=O)c2CC1)c1cnccn1. The van der Waals surface area contributed by atoms with Crippen molar-refractivity contribution in [3.8, 4) is 11.4 Å². The van der Waals surface area contributed by atoms with Gasteiger partial charge in [0.1, 0.15) is 17.3 Å². The van der Waals surface area contributed by atoms with Crippen molar-refractivity contribution in [3.05, 3.63) is 76.0 Å². The number of fused-ring (bicyclic) bond motifs is 1. The second-order valence-corrected chi connectivity index (χ2v) is 7.09. The first-order valence-corrected chi connectivity index (χ1v) is 9.52. The van der Waals surface area contributed by atoms with Gasteiger partial charge in [-0.1, -0.05) is 0 Å². The van der Waals surface area contributed by atoms with E-state index in [4.69, 9.17) is 0 Å². The molecule has 8 heteroatoms. The standard InChI is InChI=1S/C21H20FN5O2/c22-15-5-3-14(4-6-15)19-26-17-8-2-13(1-7-16(17)20(28)27-19)11-25-21(29)18-12-23-9-10-24-18/h3-6,9-10,12-13H,1-2,7-8,11H2,(H,25,29)(H,26,27,28). The summed E-state index contributed by atoms with van der Waals surface area (Å²) in [6, 6.07) is 5.89. The molecule has 0 radical (unpaired) electrons. The summed E-state index contributed by atoms with van der Waals surface area (Å²) in [5, 5.41) is 2.90. The van der Waals surface area contributed by atoms with E-state index in [2.05, 4.69) is 25.3 Å². The molecule has 0 bridgehead atoms. The molecule has 1 aliphatic carbocycles. The van der Waals surface area contributed by atoms with Gasteiger partial charge in [0, 0.05) is 30.1 Å². The highest BCUT2D eigenvalue weighted by Gasteiger charge is 2.21. The van der Waals surface area contributed by atoms with E-state index >= 15 is 0 Å². The van der Waals surface area contributed by atoms with Crippen LogP contribution in [0.15, 0.2) is 47.7 Å². The maximum atomic E-state index is 13.2. The number of carbonyl (C=O) groups is 1. The maximum absolute atomic E-state index is 13.2. The van der Waals surface area contributed by atoms with Gasteiger partial charge in [-0.05, 0) is 55.9 Å². The van der Waals surface area contributed by atoms with Gasteiger partial charge in [-0.2, -0.15) is 0 Å².